The molecule has 1 amide bonds. The first-order chi connectivity index (χ1) is 13.9. The maximum atomic E-state index is 13.4. The Bertz CT molecular complexity index is 1060. The number of nitrogens with one attached hydrogen (secondary N) is 1. The van der Waals surface area contributed by atoms with Crippen LogP contribution in [0.15, 0.2) is 53.4 Å². The molecule has 0 radical (unpaired) electrons. The molecule has 8 heteroatoms. The number of halogens is 1. The van der Waals surface area contributed by atoms with E-state index < -0.39 is 38.2 Å². The van der Waals surface area contributed by atoms with Crippen molar-refractivity contribution in [3.8, 4) is 0 Å². The molecule has 2 aromatic carbocycles. The highest BCUT2D eigenvalue weighted by Crippen LogP contribution is 2.56. The van der Waals surface area contributed by atoms with Crippen LogP contribution in [0.4, 0.5) is 4.79 Å². The molecule has 0 bridgehead atoms. The van der Waals surface area contributed by atoms with Crippen molar-refractivity contribution in [1.29, 1.82) is 0 Å². The van der Waals surface area contributed by atoms with Crippen LogP contribution in [0.5, 0.6) is 0 Å². The Balaban J connectivity index is 2.04. The lowest BCUT2D eigenvalue weighted by molar-refractivity contribution is -0.110. The maximum Gasteiger partial charge on any atom is 0.408 e. The molecule has 1 N–H and O–H groups in total. The Hall–Kier alpha value is -2.38. The van der Waals surface area contributed by atoms with Crippen LogP contribution < -0.4 is 5.32 Å². The lowest BCUT2D eigenvalue weighted by Crippen LogP contribution is -2.45. The van der Waals surface area contributed by atoms with Crippen molar-refractivity contribution >= 4 is 33.8 Å². The van der Waals surface area contributed by atoms with Crippen LogP contribution in [0, 0.1) is 6.92 Å². The minimum Gasteiger partial charge on any atom is -0.444 e. The monoisotopic (exact) mass is 449 g/mol. The minimum atomic E-state index is -3.96. The molecule has 1 aliphatic rings. The summed E-state index contributed by atoms with van der Waals surface area (Å²) in [5, 5.41) is 1.77. The zero-order valence-electron chi connectivity index (χ0n) is 17.2. The van der Waals surface area contributed by atoms with Gasteiger partial charge in [-0.05, 0) is 57.5 Å². The Morgan fingerprint density at radius 1 is 1.10 bits per heavy atom. The maximum absolute atomic E-state index is 13.4. The highest BCUT2D eigenvalue weighted by Gasteiger charge is 2.73. The van der Waals surface area contributed by atoms with Gasteiger partial charge in [0.15, 0.2) is 9.84 Å². The molecule has 0 spiro atoms. The Morgan fingerprint density at radius 2 is 1.67 bits per heavy atom. The average molecular weight is 450 g/mol. The number of alkyl carbamates (subject to hydrolysis) is 1. The summed E-state index contributed by atoms with van der Waals surface area (Å²) >= 11 is 5.89. The molecule has 160 valence electrons. The molecule has 0 aromatic heterocycles. The topological polar surface area (TPSA) is 89.5 Å². The van der Waals surface area contributed by atoms with Crippen molar-refractivity contribution in [1.82, 2.24) is 5.32 Å². The minimum absolute atomic E-state index is 0.0312. The van der Waals surface area contributed by atoms with Gasteiger partial charge in [0.2, 0.25) is 0 Å². The Kier molecular flexibility index (Phi) is 5.73. The van der Waals surface area contributed by atoms with E-state index in [-0.39, 0.29) is 4.90 Å². The van der Waals surface area contributed by atoms with Crippen molar-refractivity contribution in [3.63, 3.8) is 0 Å². The number of rotatable bonds is 5. The van der Waals surface area contributed by atoms with Gasteiger partial charge in [-0.1, -0.05) is 41.4 Å². The number of carbonyl (C=O) groups excluding carboxylic acids is 2. The summed E-state index contributed by atoms with van der Waals surface area (Å²) in [6.45, 7) is 6.97. The van der Waals surface area contributed by atoms with Gasteiger partial charge in [0.1, 0.15) is 22.7 Å². The quantitative estimate of drug-likeness (QED) is 0.695. The largest absolute Gasteiger partial charge is 0.444 e. The zero-order chi connectivity index (χ0) is 22.3. The molecule has 0 saturated heterocycles. The van der Waals surface area contributed by atoms with E-state index in [1.54, 1.807) is 32.9 Å². The molecular formula is C22H24ClNO5S. The molecule has 1 aliphatic carbocycles. The number of sulfone groups is 1. The fraction of sp³-hybridized carbons (Fsp3) is 0.364. The second-order valence-electron chi connectivity index (χ2n) is 8.49. The van der Waals surface area contributed by atoms with Gasteiger partial charge in [0, 0.05) is 10.9 Å². The van der Waals surface area contributed by atoms with Gasteiger partial charge in [-0.2, -0.15) is 0 Å². The summed E-state index contributed by atoms with van der Waals surface area (Å²) in [6.07, 6.45) is -0.347. The van der Waals surface area contributed by atoms with Crippen molar-refractivity contribution in [2.75, 3.05) is 0 Å². The molecule has 3 atom stereocenters. The molecule has 0 aliphatic heterocycles. The Labute approximate surface area is 181 Å². The number of aryl methyl sites for hydroxylation is 1. The third kappa shape index (κ3) is 4.23. The van der Waals surface area contributed by atoms with Gasteiger partial charge in [0.05, 0.1) is 4.90 Å². The number of hydrogen-bond acceptors (Lipinski definition) is 5. The van der Waals surface area contributed by atoms with E-state index in [1.807, 2.05) is 19.1 Å². The highest BCUT2D eigenvalue weighted by molar-refractivity contribution is 7.92. The summed E-state index contributed by atoms with van der Waals surface area (Å²) in [7, 11) is -3.96. The predicted molar refractivity (Wildman–Crippen MR) is 115 cm³/mol. The van der Waals surface area contributed by atoms with E-state index >= 15 is 0 Å². The summed E-state index contributed by atoms with van der Waals surface area (Å²) in [6, 6.07) is 12.9. The van der Waals surface area contributed by atoms with Crippen LogP contribution in [-0.4, -0.2) is 37.2 Å². The first-order valence-corrected chi connectivity index (χ1v) is 11.4. The van der Waals surface area contributed by atoms with Gasteiger partial charge >= 0.3 is 6.09 Å². The fourth-order valence-electron chi connectivity index (χ4n) is 3.60. The predicted octanol–water partition coefficient (Wildman–Crippen LogP) is 4.05. The van der Waals surface area contributed by atoms with Gasteiger partial charge in [-0.3, -0.25) is 0 Å². The van der Waals surface area contributed by atoms with Gasteiger partial charge < -0.3 is 14.8 Å². The van der Waals surface area contributed by atoms with Crippen LogP contribution in [-0.2, 0) is 19.4 Å². The number of ether oxygens (including phenoxy) is 1. The average Bonchev–Trinajstić information content (AvgIpc) is 3.30. The second kappa shape index (κ2) is 7.71. The van der Waals surface area contributed by atoms with Gasteiger partial charge in [-0.25, -0.2) is 13.2 Å². The molecule has 3 rings (SSSR count). The molecular weight excluding hydrogens is 426 g/mol. The molecule has 1 fully saturated rings. The van der Waals surface area contributed by atoms with E-state index in [9.17, 15) is 18.0 Å². The van der Waals surface area contributed by atoms with Crippen LogP contribution >= 0.6 is 11.6 Å². The highest BCUT2D eigenvalue weighted by atomic mass is 35.5. The van der Waals surface area contributed by atoms with Crippen LogP contribution in [0.25, 0.3) is 0 Å². The van der Waals surface area contributed by atoms with Crippen LogP contribution in [0.1, 0.15) is 37.8 Å². The molecule has 30 heavy (non-hydrogen) atoms. The van der Waals surface area contributed by atoms with Crippen LogP contribution in [0.3, 0.4) is 0 Å². The lowest BCUT2D eigenvalue weighted by Gasteiger charge is -2.22. The summed E-state index contributed by atoms with van der Waals surface area (Å²) in [5.74, 6) is -0.746. The van der Waals surface area contributed by atoms with Crippen molar-refractivity contribution < 1.29 is 22.7 Å². The standard InChI is InChI=1S/C22H24ClNO5S/c1-14-5-7-15(8-6-14)18-19(30(27,28)17-11-9-16(23)10-12-17)22(18,13-25)24-20(26)29-21(2,3)4/h5-13,18-19H,1-4H3,(H,24,26)/t18-,19+,22-/m1/s1. The summed E-state index contributed by atoms with van der Waals surface area (Å²) in [5.41, 5.74) is -0.789. The van der Waals surface area contributed by atoms with E-state index in [2.05, 4.69) is 5.32 Å². The Morgan fingerprint density at radius 3 is 2.17 bits per heavy atom. The zero-order valence-corrected chi connectivity index (χ0v) is 18.8. The number of hydrogen-bond donors (Lipinski definition) is 1. The molecule has 0 unspecified atom stereocenters. The summed E-state index contributed by atoms with van der Waals surface area (Å²) < 4.78 is 32.1. The molecule has 6 nitrogen and oxygen atoms in total. The molecule has 0 heterocycles. The number of carbonyl (C=O) groups is 2. The van der Waals surface area contributed by atoms with E-state index in [0.29, 0.717) is 16.9 Å². The number of amides is 1. The normalized spacial score (nSPS) is 23.5. The van der Waals surface area contributed by atoms with E-state index in [0.717, 1.165) is 5.56 Å². The van der Waals surface area contributed by atoms with E-state index in [4.69, 9.17) is 16.3 Å². The van der Waals surface area contributed by atoms with Crippen molar-refractivity contribution in [2.24, 2.45) is 0 Å². The SMILES string of the molecule is Cc1ccc([C@@H]2[C@H](S(=O)(=O)c3ccc(Cl)cc3)[C@]2(C=O)NC(=O)OC(C)(C)C)cc1. The van der Waals surface area contributed by atoms with Gasteiger partial charge in [0.25, 0.3) is 0 Å². The van der Waals surface area contributed by atoms with Crippen molar-refractivity contribution in [2.45, 2.75) is 54.9 Å². The smallest absolute Gasteiger partial charge is 0.408 e. The summed E-state index contributed by atoms with van der Waals surface area (Å²) in [4.78, 5) is 24.7. The number of benzene rings is 2. The van der Waals surface area contributed by atoms with Crippen LogP contribution in [0.2, 0.25) is 5.02 Å². The first kappa shape index (κ1) is 22.3. The number of aldehydes is 1. The first-order valence-electron chi connectivity index (χ1n) is 9.44. The molecule has 2 aromatic rings. The van der Waals surface area contributed by atoms with E-state index in [1.165, 1.54) is 24.3 Å². The third-order valence-electron chi connectivity index (χ3n) is 5.00. The van der Waals surface area contributed by atoms with Gasteiger partial charge in [-0.15, -0.1) is 0 Å². The molecule has 1 saturated carbocycles. The third-order valence-corrected chi connectivity index (χ3v) is 7.52. The second-order valence-corrected chi connectivity index (χ2v) is 11.0. The van der Waals surface area contributed by atoms with Crippen molar-refractivity contribution in [3.05, 3.63) is 64.7 Å². The lowest BCUT2D eigenvalue weighted by atomic mass is 10.1. The fourth-order valence-corrected chi connectivity index (χ4v) is 5.98.